The fourth-order valence-electron chi connectivity index (χ4n) is 2.81. The molecular weight excluding hydrogens is 509 g/mol. The van der Waals surface area contributed by atoms with Gasteiger partial charge in [-0.2, -0.15) is 13.2 Å². The highest BCUT2D eigenvalue weighted by Gasteiger charge is 2.58. The van der Waals surface area contributed by atoms with E-state index >= 15 is 0 Å². The van der Waals surface area contributed by atoms with Crippen LogP contribution >= 0.6 is 0 Å². The highest BCUT2D eigenvalue weighted by molar-refractivity contribution is 6.07. The zero-order valence-electron chi connectivity index (χ0n) is 18.5. The Labute approximate surface area is 204 Å². The second-order valence-electron chi connectivity index (χ2n) is 7.45. The molecule has 0 bridgehead atoms. The maximum Gasteiger partial charge on any atom is 0.428 e. The molecule has 2 aromatic heterocycles. The number of anilines is 1. The first-order valence-corrected chi connectivity index (χ1v) is 10.1. The van der Waals surface area contributed by atoms with E-state index in [1.165, 1.54) is 24.5 Å². The van der Waals surface area contributed by atoms with Crippen molar-refractivity contribution in [3.8, 4) is 5.75 Å². The average Bonchev–Trinajstić information content (AvgIpc) is 3.35. The number of nitrogens with zero attached hydrogens (tertiary/aromatic N) is 3. The molecule has 1 atom stereocenters. The molecule has 0 radical (unpaired) electrons. The number of phenolic OH excluding ortho intramolecular Hbond substituents is 1. The van der Waals surface area contributed by atoms with E-state index in [2.05, 4.69) is 26.2 Å². The van der Waals surface area contributed by atoms with Crippen LogP contribution in [0.25, 0.3) is 5.70 Å². The number of nitrogens with one attached hydrogen (secondary N) is 3. The number of phenols is 1. The lowest BCUT2D eigenvalue weighted by Gasteiger charge is -2.27. The molecule has 11 nitrogen and oxygen atoms in total. The fourth-order valence-corrected chi connectivity index (χ4v) is 2.81. The number of halogens is 5. The van der Waals surface area contributed by atoms with Gasteiger partial charge in [-0.15, -0.1) is 0 Å². The van der Waals surface area contributed by atoms with Crippen molar-refractivity contribution >= 4 is 23.1 Å². The monoisotopic (exact) mass is 527 g/mol. The second kappa shape index (κ2) is 10.6. The Morgan fingerprint density at radius 1 is 1.22 bits per heavy atom. The fraction of sp³-hybridized carbons (Fsp3) is 0.190. The number of allylic oxidation sites excluding steroid dienone is 1. The maximum absolute atomic E-state index is 14.1. The minimum atomic E-state index is -5.47. The van der Waals surface area contributed by atoms with Crippen LogP contribution in [0.3, 0.4) is 0 Å². The predicted octanol–water partition coefficient (Wildman–Crippen LogP) is 1.84. The van der Waals surface area contributed by atoms with E-state index in [-0.39, 0.29) is 29.2 Å². The summed E-state index contributed by atoms with van der Waals surface area (Å²) in [5, 5.41) is 35.6. The van der Waals surface area contributed by atoms with Gasteiger partial charge in [0.15, 0.2) is 17.5 Å². The molecule has 0 aliphatic carbocycles. The van der Waals surface area contributed by atoms with Crippen LogP contribution in [0.2, 0.25) is 0 Å². The number of nitrogens with two attached hydrogens (primary N) is 1. The molecule has 7 N–H and O–H groups in total. The van der Waals surface area contributed by atoms with Crippen LogP contribution in [0.1, 0.15) is 17.1 Å². The molecule has 0 saturated heterocycles. The molecule has 0 aliphatic heterocycles. The first-order chi connectivity index (χ1) is 17.3. The van der Waals surface area contributed by atoms with Gasteiger partial charge in [0.1, 0.15) is 29.2 Å². The average molecular weight is 527 g/mol. The molecule has 0 unspecified atom stereocenters. The number of aliphatic hydroxyl groups is 1. The molecule has 0 aliphatic rings. The summed E-state index contributed by atoms with van der Waals surface area (Å²) in [5.41, 5.74) is 0.565. The molecule has 196 valence electrons. The lowest BCUT2D eigenvalue weighted by Crippen LogP contribution is -2.59. The molecule has 3 aromatic rings. The first kappa shape index (κ1) is 27.0. The number of carbonyl (C=O) groups excluding carboxylic acids is 1. The summed E-state index contributed by atoms with van der Waals surface area (Å²) in [7, 11) is 0. The number of hydrogen-bond donors (Lipinski definition) is 6. The molecule has 16 heteroatoms. The smallest absolute Gasteiger partial charge is 0.428 e. The lowest BCUT2D eigenvalue weighted by molar-refractivity contribution is -0.245. The normalized spacial score (nSPS) is 13.6. The summed E-state index contributed by atoms with van der Waals surface area (Å²) in [6.45, 7) is -1.69. The van der Waals surface area contributed by atoms with E-state index in [1.54, 1.807) is 0 Å². The van der Waals surface area contributed by atoms with Crippen LogP contribution in [0.5, 0.6) is 5.75 Å². The van der Waals surface area contributed by atoms with E-state index in [1.807, 2.05) is 5.32 Å². The van der Waals surface area contributed by atoms with E-state index < -0.39 is 53.2 Å². The van der Waals surface area contributed by atoms with Crippen molar-refractivity contribution in [1.82, 2.24) is 20.4 Å². The number of alkyl halides is 3. The van der Waals surface area contributed by atoms with E-state index in [0.29, 0.717) is 6.20 Å². The Hall–Kier alpha value is -4.60. The van der Waals surface area contributed by atoms with Gasteiger partial charge in [0.25, 0.3) is 11.5 Å². The molecule has 3 rings (SSSR count). The van der Waals surface area contributed by atoms with Crippen LogP contribution in [-0.4, -0.2) is 55.3 Å². The van der Waals surface area contributed by atoms with Crippen molar-refractivity contribution in [2.75, 3.05) is 11.9 Å². The van der Waals surface area contributed by atoms with Gasteiger partial charge in [0.05, 0.1) is 18.4 Å². The van der Waals surface area contributed by atoms with Crippen LogP contribution in [0, 0.1) is 17.0 Å². The third-order valence-corrected chi connectivity index (χ3v) is 4.88. The van der Waals surface area contributed by atoms with Gasteiger partial charge < -0.3 is 31.1 Å². The minimum absolute atomic E-state index is 0.105. The van der Waals surface area contributed by atoms with Gasteiger partial charge in [-0.1, -0.05) is 11.2 Å². The summed E-state index contributed by atoms with van der Waals surface area (Å²) >= 11 is 0. The standard InChI is InChI=1S/C21H18F5N7O4/c22-12-5-11(34)2-1-10(12)7-29-16(15-3-4-37-33-15)6-14(27)18-30-8-13(23)17(32-18)31-9-20(36,19(28)35)21(24,25)26/h1-6,8,27,29,34,36H,7,9H2,(H2,28,35)(H,30,31,32)/b16-6-,27-14?/t20-/m1/s1. The van der Waals surface area contributed by atoms with Crippen LogP contribution in [-0.2, 0) is 11.3 Å². The highest BCUT2D eigenvalue weighted by Crippen LogP contribution is 2.30. The van der Waals surface area contributed by atoms with E-state index in [9.17, 15) is 37.0 Å². The van der Waals surface area contributed by atoms with Crippen molar-refractivity contribution in [3.05, 3.63) is 71.5 Å². The lowest BCUT2D eigenvalue weighted by atomic mass is 10.0. The van der Waals surface area contributed by atoms with Crippen molar-refractivity contribution in [2.24, 2.45) is 5.73 Å². The molecule has 0 saturated carbocycles. The van der Waals surface area contributed by atoms with Gasteiger partial charge in [-0.3, -0.25) is 10.2 Å². The molecule has 2 heterocycles. The summed E-state index contributed by atoms with van der Waals surface area (Å²) in [6.07, 6.45) is -2.59. The maximum atomic E-state index is 14.1. The van der Waals surface area contributed by atoms with Crippen molar-refractivity contribution < 1.29 is 41.5 Å². The Balaban J connectivity index is 1.85. The molecule has 0 fully saturated rings. The van der Waals surface area contributed by atoms with Crippen LogP contribution in [0.4, 0.5) is 27.8 Å². The zero-order chi connectivity index (χ0) is 27.4. The van der Waals surface area contributed by atoms with Crippen molar-refractivity contribution in [1.29, 1.82) is 5.41 Å². The van der Waals surface area contributed by atoms with Crippen molar-refractivity contribution in [3.63, 3.8) is 0 Å². The summed E-state index contributed by atoms with van der Waals surface area (Å²) < 4.78 is 72.2. The SMILES string of the molecule is N=C(/C=C(\NCc1ccc(O)cc1F)c1ccon1)c1ncc(F)c(NC[C@@](O)(C(N)=O)C(F)(F)F)n1. The third-order valence-electron chi connectivity index (χ3n) is 4.88. The molecule has 0 spiro atoms. The van der Waals surface area contributed by atoms with Gasteiger partial charge in [0, 0.05) is 24.2 Å². The van der Waals surface area contributed by atoms with Gasteiger partial charge in [-0.05, 0) is 12.1 Å². The van der Waals surface area contributed by atoms with Crippen LogP contribution < -0.4 is 16.4 Å². The molecular formula is C21H18F5N7O4. The Morgan fingerprint density at radius 3 is 2.54 bits per heavy atom. The van der Waals surface area contributed by atoms with Gasteiger partial charge in [-0.25, -0.2) is 18.7 Å². The van der Waals surface area contributed by atoms with Crippen LogP contribution in [0.15, 0.2) is 47.3 Å². The van der Waals surface area contributed by atoms with Gasteiger partial charge >= 0.3 is 6.18 Å². The first-order valence-electron chi connectivity index (χ1n) is 10.1. The Bertz CT molecular complexity index is 1330. The number of benzene rings is 1. The van der Waals surface area contributed by atoms with Gasteiger partial charge in [0.2, 0.25) is 0 Å². The Kier molecular flexibility index (Phi) is 7.71. The topological polar surface area (TPSA) is 183 Å². The second-order valence-corrected chi connectivity index (χ2v) is 7.45. The Morgan fingerprint density at radius 2 is 1.95 bits per heavy atom. The number of amides is 1. The van der Waals surface area contributed by atoms with E-state index in [4.69, 9.17) is 9.93 Å². The third kappa shape index (κ3) is 6.16. The number of primary amides is 1. The number of carbonyl (C=O) groups is 1. The molecule has 37 heavy (non-hydrogen) atoms. The van der Waals surface area contributed by atoms with Crippen molar-refractivity contribution in [2.45, 2.75) is 18.3 Å². The summed E-state index contributed by atoms with van der Waals surface area (Å²) in [6, 6.07) is 4.89. The van der Waals surface area contributed by atoms with E-state index in [0.717, 1.165) is 12.1 Å². The highest BCUT2D eigenvalue weighted by atomic mass is 19.4. The largest absolute Gasteiger partial charge is 0.508 e. The predicted molar refractivity (Wildman–Crippen MR) is 117 cm³/mol. The quantitative estimate of drug-likeness (QED) is 0.169. The molecule has 1 aromatic carbocycles. The number of rotatable bonds is 10. The number of hydrogen-bond acceptors (Lipinski definition) is 10. The summed E-state index contributed by atoms with van der Waals surface area (Å²) in [5.74, 6) is -5.68. The summed E-state index contributed by atoms with van der Waals surface area (Å²) in [4.78, 5) is 18.4. The number of aromatic nitrogens is 3. The molecule has 1 amide bonds. The zero-order valence-corrected chi connectivity index (χ0v) is 18.5. The minimum Gasteiger partial charge on any atom is -0.508 e. The number of aromatic hydroxyl groups is 1.